The van der Waals surface area contributed by atoms with Gasteiger partial charge >= 0.3 is 0 Å². The quantitative estimate of drug-likeness (QED) is 0.659. The Morgan fingerprint density at radius 3 is 2.58 bits per heavy atom. The van der Waals surface area contributed by atoms with E-state index in [2.05, 4.69) is 10.1 Å². The van der Waals surface area contributed by atoms with Gasteiger partial charge in [0.25, 0.3) is 11.8 Å². The van der Waals surface area contributed by atoms with Crippen molar-refractivity contribution in [2.45, 2.75) is 26.8 Å². The summed E-state index contributed by atoms with van der Waals surface area (Å²) in [5.74, 6) is -0.155. The molecule has 1 fully saturated rings. The molecule has 3 aromatic rings. The van der Waals surface area contributed by atoms with Crippen molar-refractivity contribution in [3.8, 4) is 5.69 Å². The SMILES string of the molecule is Cc1cccc(-n2cnc(C(=O)N3CCN(C(=O)c4ccc(C)c(N)c4)CC3C)n2)c1. The Bertz CT molecular complexity index is 1140. The van der Waals surface area contributed by atoms with E-state index in [0.717, 1.165) is 16.8 Å². The van der Waals surface area contributed by atoms with Gasteiger partial charge in [-0.15, -0.1) is 5.10 Å². The highest BCUT2D eigenvalue weighted by Crippen LogP contribution is 2.18. The molecule has 1 aliphatic rings. The van der Waals surface area contributed by atoms with Gasteiger partial charge in [-0.25, -0.2) is 9.67 Å². The number of nitrogens with zero attached hydrogens (tertiary/aromatic N) is 5. The third kappa shape index (κ3) is 4.14. The van der Waals surface area contributed by atoms with Crippen LogP contribution in [0.4, 0.5) is 5.69 Å². The van der Waals surface area contributed by atoms with Crippen LogP contribution in [0.25, 0.3) is 5.69 Å². The van der Waals surface area contributed by atoms with Gasteiger partial charge < -0.3 is 15.5 Å². The smallest absolute Gasteiger partial charge is 0.293 e. The van der Waals surface area contributed by atoms with Crippen molar-refractivity contribution in [2.24, 2.45) is 0 Å². The van der Waals surface area contributed by atoms with Crippen LogP contribution in [0.15, 0.2) is 48.8 Å². The van der Waals surface area contributed by atoms with E-state index in [-0.39, 0.29) is 23.7 Å². The number of amides is 2. The maximum Gasteiger partial charge on any atom is 0.293 e. The van der Waals surface area contributed by atoms with E-state index in [1.807, 2.05) is 51.1 Å². The molecule has 2 heterocycles. The predicted octanol–water partition coefficient (Wildman–Crippen LogP) is 2.45. The molecule has 0 saturated carbocycles. The number of piperazine rings is 1. The largest absolute Gasteiger partial charge is 0.398 e. The molecule has 1 aliphatic heterocycles. The van der Waals surface area contributed by atoms with Gasteiger partial charge in [-0.3, -0.25) is 9.59 Å². The van der Waals surface area contributed by atoms with E-state index in [1.54, 1.807) is 32.9 Å². The minimum Gasteiger partial charge on any atom is -0.398 e. The van der Waals surface area contributed by atoms with Crippen molar-refractivity contribution in [1.82, 2.24) is 24.6 Å². The van der Waals surface area contributed by atoms with Crippen LogP contribution >= 0.6 is 0 Å². The molecule has 0 spiro atoms. The Morgan fingerprint density at radius 1 is 1.06 bits per heavy atom. The molecule has 1 atom stereocenters. The van der Waals surface area contributed by atoms with Gasteiger partial charge in [0.15, 0.2) is 0 Å². The summed E-state index contributed by atoms with van der Waals surface area (Å²) in [6.07, 6.45) is 1.55. The topological polar surface area (TPSA) is 97.4 Å². The van der Waals surface area contributed by atoms with Gasteiger partial charge in [-0.1, -0.05) is 18.2 Å². The Hall–Kier alpha value is -3.68. The molecule has 8 nitrogen and oxygen atoms in total. The average molecular weight is 419 g/mol. The first-order valence-corrected chi connectivity index (χ1v) is 10.3. The zero-order chi connectivity index (χ0) is 22.1. The summed E-state index contributed by atoms with van der Waals surface area (Å²) in [5.41, 5.74) is 10.0. The van der Waals surface area contributed by atoms with Crippen LogP contribution in [-0.4, -0.2) is 62.1 Å². The minimum atomic E-state index is -0.231. The number of hydrogen-bond donors (Lipinski definition) is 1. The first kappa shape index (κ1) is 20.6. The predicted molar refractivity (Wildman–Crippen MR) is 118 cm³/mol. The van der Waals surface area contributed by atoms with Crippen molar-refractivity contribution in [3.63, 3.8) is 0 Å². The van der Waals surface area contributed by atoms with Gasteiger partial charge in [0, 0.05) is 36.9 Å². The molecule has 160 valence electrons. The number of aromatic nitrogens is 3. The van der Waals surface area contributed by atoms with Crippen molar-refractivity contribution in [1.29, 1.82) is 0 Å². The normalized spacial score (nSPS) is 16.4. The number of carbonyl (C=O) groups excluding carboxylic acids is 2. The maximum absolute atomic E-state index is 13.0. The molecule has 0 radical (unpaired) electrons. The summed E-state index contributed by atoms with van der Waals surface area (Å²) in [4.78, 5) is 33.6. The number of anilines is 1. The Labute approximate surface area is 181 Å². The number of aryl methyl sites for hydroxylation is 2. The van der Waals surface area contributed by atoms with Crippen molar-refractivity contribution in [2.75, 3.05) is 25.4 Å². The van der Waals surface area contributed by atoms with Gasteiger partial charge in [0.2, 0.25) is 5.82 Å². The Morgan fingerprint density at radius 2 is 1.87 bits per heavy atom. The van der Waals surface area contributed by atoms with Crippen molar-refractivity contribution in [3.05, 3.63) is 71.3 Å². The number of nitrogen functional groups attached to an aromatic ring is 1. The zero-order valence-electron chi connectivity index (χ0n) is 17.9. The highest BCUT2D eigenvalue weighted by molar-refractivity contribution is 5.96. The van der Waals surface area contributed by atoms with Gasteiger partial charge in [0.1, 0.15) is 6.33 Å². The number of nitrogens with two attached hydrogens (primary N) is 1. The van der Waals surface area contributed by atoms with E-state index >= 15 is 0 Å². The van der Waals surface area contributed by atoms with E-state index < -0.39 is 0 Å². The monoisotopic (exact) mass is 418 g/mol. The minimum absolute atomic E-state index is 0.0764. The third-order valence-corrected chi connectivity index (χ3v) is 5.65. The molecule has 0 aliphatic carbocycles. The molecule has 2 aromatic carbocycles. The second-order valence-electron chi connectivity index (χ2n) is 8.02. The van der Waals surface area contributed by atoms with Crippen LogP contribution in [0, 0.1) is 13.8 Å². The third-order valence-electron chi connectivity index (χ3n) is 5.65. The Balaban J connectivity index is 1.45. The molecular formula is C23H26N6O2. The fourth-order valence-electron chi connectivity index (χ4n) is 3.78. The molecular weight excluding hydrogens is 392 g/mol. The number of rotatable bonds is 3. The summed E-state index contributed by atoms with van der Waals surface area (Å²) in [7, 11) is 0. The van der Waals surface area contributed by atoms with E-state index in [9.17, 15) is 9.59 Å². The average Bonchev–Trinajstić information content (AvgIpc) is 3.25. The van der Waals surface area contributed by atoms with E-state index in [0.29, 0.717) is 30.9 Å². The van der Waals surface area contributed by atoms with Crippen LogP contribution in [0.5, 0.6) is 0 Å². The fraction of sp³-hybridized carbons (Fsp3) is 0.304. The van der Waals surface area contributed by atoms with Crippen LogP contribution in [0.2, 0.25) is 0 Å². The van der Waals surface area contributed by atoms with E-state index in [4.69, 9.17) is 5.73 Å². The molecule has 1 aromatic heterocycles. The van der Waals surface area contributed by atoms with Gasteiger partial charge in [-0.05, 0) is 56.2 Å². The van der Waals surface area contributed by atoms with Crippen LogP contribution in [0.1, 0.15) is 39.0 Å². The fourth-order valence-corrected chi connectivity index (χ4v) is 3.78. The standard InChI is InChI=1S/C23H26N6O2/c1-15-5-4-6-19(11-15)29-14-25-21(26-29)23(31)28-10-9-27(13-17(28)3)22(30)18-8-7-16(2)20(24)12-18/h4-8,11-12,14,17H,9-10,13,24H2,1-3H3. The molecule has 1 unspecified atom stereocenters. The summed E-state index contributed by atoms with van der Waals surface area (Å²) in [5, 5.41) is 4.37. The molecule has 2 N–H and O–H groups in total. The summed E-state index contributed by atoms with van der Waals surface area (Å²) < 4.78 is 1.60. The van der Waals surface area contributed by atoms with Crippen molar-refractivity contribution < 1.29 is 9.59 Å². The van der Waals surface area contributed by atoms with E-state index in [1.165, 1.54) is 0 Å². The lowest BCUT2D eigenvalue weighted by molar-refractivity contribution is 0.0407. The molecule has 2 amide bonds. The molecule has 8 heteroatoms. The summed E-state index contributed by atoms with van der Waals surface area (Å²) in [6.45, 7) is 7.15. The first-order chi connectivity index (χ1) is 14.8. The van der Waals surface area contributed by atoms with Crippen molar-refractivity contribution >= 4 is 17.5 Å². The number of hydrogen-bond acceptors (Lipinski definition) is 5. The lowest BCUT2D eigenvalue weighted by Gasteiger charge is -2.39. The lowest BCUT2D eigenvalue weighted by atomic mass is 10.1. The van der Waals surface area contributed by atoms with Gasteiger partial charge in [0.05, 0.1) is 5.69 Å². The van der Waals surface area contributed by atoms with Crippen LogP contribution in [-0.2, 0) is 0 Å². The summed E-state index contributed by atoms with van der Waals surface area (Å²) >= 11 is 0. The molecule has 0 bridgehead atoms. The second-order valence-corrected chi connectivity index (χ2v) is 8.02. The lowest BCUT2D eigenvalue weighted by Crippen LogP contribution is -2.55. The highest BCUT2D eigenvalue weighted by atomic mass is 16.2. The molecule has 1 saturated heterocycles. The first-order valence-electron chi connectivity index (χ1n) is 10.3. The highest BCUT2D eigenvalue weighted by Gasteiger charge is 2.32. The molecule has 31 heavy (non-hydrogen) atoms. The van der Waals surface area contributed by atoms with Crippen LogP contribution < -0.4 is 5.73 Å². The molecule has 4 rings (SSSR count). The maximum atomic E-state index is 13.0. The number of carbonyl (C=O) groups is 2. The Kier molecular flexibility index (Phi) is 5.46. The summed E-state index contributed by atoms with van der Waals surface area (Å²) in [6, 6.07) is 13.0. The number of benzene rings is 2. The van der Waals surface area contributed by atoms with Crippen LogP contribution in [0.3, 0.4) is 0 Å². The zero-order valence-corrected chi connectivity index (χ0v) is 17.9. The second kappa shape index (κ2) is 8.22. The van der Waals surface area contributed by atoms with Gasteiger partial charge in [-0.2, -0.15) is 0 Å².